The number of rotatable bonds is 3. The molecule has 0 saturated heterocycles. The highest BCUT2D eigenvalue weighted by Crippen LogP contribution is 2.32. The maximum absolute atomic E-state index is 11.9. The molecule has 1 aromatic carbocycles. The summed E-state index contributed by atoms with van der Waals surface area (Å²) < 4.78 is 12.4. The molecule has 2 heterocycles. The average molecular weight is 293 g/mol. The minimum absolute atomic E-state index is 0.222. The molecular formula is C14H13ClN2O3. The van der Waals surface area contributed by atoms with E-state index in [2.05, 4.69) is 4.98 Å². The first-order chi connectivity index (χ1) is 9.70. The number of hydrogen-bond acceptors (Lipinski definition) is 4. The minimum Gasteiger partial charge on any atom is -0.475 e. The highest BCUT2D eigenvalue weighted by molar-refractivity contribution is 6.30. The first kappa shape index (κ1) is 13.0. The van der Waals surface area contributed by atoms with Gasteiger partial charge in [-0.3, -0.25) is 4.57 Å². The molecule has 3 rings (SSSR count). The Hall–Kier alpha value is -2.01. The Morgan fingerprint density at radius 1 is 1.55 bits per heavy atom. The van der Waals surface area contributed by atoms with E-state index in [1.165, 1.54) is 0 Å². The molecule has 0 fully saturated rings. The van der Waals surface area contributed by atoms with E-state index in [-0.39, 0.29) is 5.69 Å². The van der Waals surface area contributed by atoms with Gasteiger partial charge in [-0.1, -0.05) is 23.7 Å². The normalized spacial score (nSPS) is 12.9. The lowest BCUT2D eigenvalue weighted by Crippen LogP contribution is -2.07. The standard InChI is InChI=1S/C14H13ClN2O3/c1-2-19-14(18)11-13-17(6-7-20-13)12(16-11)9-4-3-5-10(15)8-9/h3-5,8H,2,6-7H2,1H3. The largest absolute Gasteiger partial charge is 0.475 e. The summed E-state index contributed by atoms with van der Waals surface area (Å²) in [6.07, 6.45) is 0. The summed E-state index contributed by atoms with van der Waals surface area (Å²) in [4.78, 5) is 16.3. The number of imidazole rings is 1. The molecule has 104 valence electrons. The summed E-state index contributed by atoms with van der Waals surface area (Å²) >= 11 is 6.00. The maximum Gasteiger partial charge on any atom is 0.362 e. The molecule has 0 spiro atoms. The van der Waals surface area contributed by atoms with Crippen molar-refractivity contribution in [2.75, 3.05) is 13.2 Å². The van der Waals surface area contributed by atoms with Crippen molar-refractivity contribution in [3.8, 4) is 17.3 Å². The number of ether oxygens (including phenoxy) is 2. The molecule has 0 radical (unpaired) electrons. The van der Waals surface area contributed by atoms with Gasteiger partial charge < -0.3 is 9.47 Å². The number of carbonyl (C=O) groups excluding carboxylic acids is 1. The molecule has 0 atom stereocenters. The van der Waals surface area contributed by atoms with E-state index in [0.29, 0.717) is 36.5 Å². The third-order valence-electron chi connectivity index (χ3n) is 3.03. The van der Waals surface area contributed by atoms with Crippen LogP contribution in [0.2, 0.25) is 5.02 Å². The van der Waals surface area contributed by atoms with E-state index in [0.717, 1.165) is 5.56 Å². The highest BCUT2D eigenvalue weighted by Gasteiger charge is 2.28. The SMILES string of the molecule is CCOC(=O)c1nc(-c2cccc(Cl)c2)n2c1OCC2. The second-order valence-electron chi connectivity index (χ2n) is 4.32. The monoisotopic (exact) mass is 292 g/mol. The Balaban J connectivity index is 2.09. The van der Waals surface area contributed by atoms with Crippen LogP contribution in [0.1, 0.15) is 17.4 Å². The number of esters is 1. The van der Waals surface area contributed by atoms with Gasteiger partial charge >= 0.3 is 5.97 Å². The van der Waals surface area contributed by atoms with Crippen LogP contribution in [0.5, 0.6) is 5.88 Å². The lowest BCUT2D eigenvalue weighted by atomic mass is 10.2. The topological polar surface area (TPSA) is 53.3 Å². The molecule has 1 aromatic heterocycles. The van der Waals surface area contributed by atoms with Crippen LogP contribution in [0.25, 0.3) is 11.4 Å². The summed E-state index contributed by atoms with van der Waals surface area (Å²) in [6, 6.07) is 7.35. The fourth-order valence-corrected chi connectivity index (χ4v) is 2.40. The van der Waals surface area contributed by atoms with Crippen molar-refractivity contribution in [3.05, 3.63) is 35.0 Å². The number of nitrogens with zero attached hydrogens (tertiary/aromatic N) is 2. The van der Waals surface area contributed by atoms with Crippen molar-refractivity contribution in [2.24, 2.45) is 0 Å². The Bertz CT molecular complexity index is 666. The van der Waals surface area contributed by atoms with Crippen molar-refractivity contribution in [1.82, 2.24) is 9.55 Å². The summed E-state index contributed by atoms with van der Waals surface area (Å²) in [5.74, 6) is 0.674. The zero-order valence-corrected chi connectivity index (χ0v) is 11.7. The number of halogens is 1. The lowest BCUT2D eigenvalue weighted by Gasteiger charge is -2.02. The summed E-state index contributed by atoms with van der Waals surface area (Å²) in [5, 5.41) is 0.622. The minimum atomic E-state index is -0.466. The fraction of sp³-hybridized carbons (Fsp3) is 0.286. The van der Waals surface area contributed by atoms with E-state index in [1.54, 1.807) is 13.0 Å². The van der Waals surface area contributed by atoms with Gasteiger partial charge in [0.05, 0.1) is 13.2 Å². The number of carbonyl (C=O) groups is 1. The van der Waals surface area contributed by atoms with Crippen LogP contribution in [0.4, 0.5) is 0 Å². The Kier molecular flexibility index (Phi) is 3.36. The highest BCUT2D eigenvalue weighted by atomic mass is 35.5. The van der Waals surface area contributed by atoms with Crippen molar-refractivity contribution in [3.63, 3.8) is 0 Å². The van der Waals surface area contributed by atoms with Crippen LogP contribution in [-0.4, -0.2) is 28.7 Å². The maximum atomic E-state index is 11.9. The smallest absolute Gasteiger partial charge is 0.362 e. The second kappa shape index (κ2) is 5.17. The molecule has 2 aromatic rings. The van der Waals surface area contributed by atoms with Gasteiger partial charge in [-0.25, -0.2) is 9.78 Å². The quantitative estimate of drug-likeness (QED) is 0.816. The predicted molar refractivity (Wildman–Crippen MR) is 74.1 cm³/mol. The molecular weight excluding hydrogens is 280 g/mol. The van der Waals surface area contributed by atoms with E-state index >= 15 is 0 Å². The molecule has 0 amide bonds. The van der Waals surface area contributed by atoms with Crippen LogP contribution >= 0.6 is 11.6 Å². The number of hydrogen-bond donors (Lipinski definition) is 0. The lowest BCUT2D eigenvalue weighted by molar-refractivity contribution is 0.0516. The van der Waals surface area contributed by atoms with Gasteiger partial charge in [0, 0.05) is 10.6 Å². The van der Waals surface area contributed by atoms with Gasteiger partial charge in [-0.2, -0.15) is 0 Å². The molecule has 0 saturated carbocycles. The molecule has 5 nitrogen and oxygen atoms in total. The first-order valence-corrected chi connectivity index (χ1v) is 6.75. The fourth-order valence-electron chi connectivity index (χ4n) is 2.21. The molecule has 0 bridgehead atoms. The van der Waals surface area contributed by atoms with Crippen molar-refractivity contribution in [2.45, 2.75) is 13.5 Å². The zero-order chi connectivity index (χ0) is 14.1. The van der Waals surface area contributed by atoms with Crippen LogP contribution in [0.3, 0.4) is 0 Å². The van der Waals surface area contributed by atoms with Crippen LogP contribution in [0, 0.1) is 0 Å². The van der Waals surface area contributed by atoms with E-state index < -0.39 is 5.97 Å². The zero-order valence-electron chi connectivity index (χ0n) is 10.9. The molecule has 1 aliphatic rings. The molecule has 0 unspecified atom stereocenters. The number of fused-ring (bicyclic) bond motifs is 1. The van der Waals surface area contributed by atoms with Gasteiger partial charge in [-0.15, -0.1) is 0 Å². The van der Waals surface area contributed by atoms with E-state index in [4.69, 9.17) is 21.1 Å². The van der Waals surface area contributed by atoms with Crippen molar-refractivity contribution < 1.29 is 14.3 Å². The van der Waals surface area contributed by atoms with Gasteiger partial charge in [0.1, 0.15) is 12.4 Å². The van der Waals surface area contributed by atoms with E-state index in [1.807, 2.05) is 22.8 Å². The molecule has 20 heavy (non-hydrogen) atoms. The van der Waals surface area contributed by atoms with Crippen LogP contribution in [-0.2, 0) is 11.3 Å². The number of aromatic nitrogens is 2. The van der Waals surface area contributed by atoms with Gasteiger partial charge in [0.2, 0.25) is 11.6 Å². The second-order valence-corrected chi connectivity index (χ2v) is 4.76. The Labute approximate surface area is 121 Å². The van der Waals surface area contributed by atoms with E-state index in [9.17, 15) is 4.79 Å². The van der Waals surface area contributed by atoms with Crippen molar-refractivity contribution >= 4 is 17.6 Å². The molecule has 0 aliphatic carbocycles. The molecule has 0 N–H and O–H groups in total. The number of benzene rings is 1. The summed E-state index contributed by atoms with van der Waals surface area (Å²) in [6.45, 7) is 3.24. The van der Waals surface area contributed by atoms with Gasteiger partial charge in [0.15, 0.2) is 0 Å². The van der Waals surface area contributed by atoms with Gasteiger partial charge in [-0.05, 0) is 19.1 Å². The summed E-state index contributed by atoms with van der Waals surface area (Å²) in [7, 11) is 0. The van der Waals surface area contributed by atoms with Crippen molar-refractivity contribution in [1.29, 1.82) is 0 Å². The predicted octanol–water partition coefficient (Wildman–Crippen LogP) is 2.77. The van der Waals surface area contributed by atoms with Gasteiger partial charge in [0.25, 0.3) is 0 Å². The Morgan fingerprint density at radius 2 is 2.40 bits per heavy atom. The molecule has 6 heteroatoms. The average Bonchev–Trinajstić information content (AvgIpc) is 3.00. The summed E-state index contributed by atoms with van der Waals surface area (Å²) in [5.41, 5.74) is 1.07. The van der Waals surface area contributed by atoms with Crippen LogP contribution in [0.15, 0.2) is 24.3 Å². The third kappa shape index (κ3) is 2.14. The third-order valence-corrected chi connectivity index (χ3v) is 3.26. The Morgan fingerprint density at radius 3 is 3.15 bits per heavy atom. The first-order valence-electron chi connectivity index (χ1n) is 6.37. The molecule has 1 aliphatic heterocycles. The van der Waals surface area contributed by atoms with Crippen LogP contribution < -0.4 is 4.74 Å².